The predicted octanol–water partition coefficient (Wildman–Crippen LogP) is 2.89. The van der Waals surface area contributed by atoms with Crippen LogP contribution in [0.3, 0.4) is 0 Å². The SMILES string of the molecule is CF.Cc1ccccc1C. The normalized spacial score (nSPS) is 8.00. The van der Waals surface area contributed by atoms with Gasteiger partial charge in [0.25, 0.3) is 0 Å². The van der Waals surface area contributed by atoms with Crippen molar-refractivity contribution in [2.24, 2.45) is 0 Å². The minimum atomic E-state index is 0.500. The van der Waals surface area contributed by atoms with Gasteiger partial charge >= 0.3 is 0 Å². The van der Waals surface area contributed by atoms with E-state index in [2.05, 4.69) is 38.1 Å². The molecule has 10 heavy (non-hydrogen) atoms. The largest absolute Gasteiger partial charge is 0.255 e. The van der Waals surface area contributed by atoms with Crippen LogP contribution in [0.15, 0.2) is 24.3 Å². The van der Waals surface area contributed by atoms with Crippen molar-refractivity contribution in [1.29, 1.82) is 0 Å². The Balaban J connectivity index is 0.000000371. The zero-order chi connectivity index (χ0) is 7.98. The molecule has 0 amide bonds. The third-order valence-electron chi connectivity index (χ3n) is 1.43. The molecule has 56 valence electrons. The van der Waals surface area contributed by atoms with E-state index in [9.17, 15) is 4.39 Å². The Morgan fingerprint density at radius 3 is 1.40 bits per heavy atom. The summed E-state index contributed by atoms with van der Waals surface area (Å²) in [6, 6.07) is 8.36. The second kappa shape index (κ2) is 4.98. The van der Waals surface area contributed by atoms with Crippen molar-refractivity contribution < 1.29 is 4.39 Å². The van der Waals surface area contributed by atoms with Crippen LogP contribution in [0.5, 0.6) is 0 Å². The summed E-state index contributed by atoms with van der Waals surface area (Å²) in [6.07, 6.45) is 0. The van der Waals surface area contributed by atoms with Gasteiger partial charge in [0.05, 0.1) is 7.18 Å². The van der Waals surface area contributed by atoms with Crippen molar-refractivity contribution in [1.82, 2.24) is 0 Å². The topological polar surface area (TPSA) is 0 Å². The summed E-state index contributed by atoms with van der Waals surface area (Å²) in [5, 5.41) is 0. The Morgan fingerprint density at radius 2 is 1.20 bits per heavy atom. The molecule has 0 fully saturated rings. The molecule has 0 nitrogen and oxygen atoms in total. The van der Waals surface area contributed by atoms with E-state index in [-0.39, 0.29) is 0 Å². The summed E-state index contributed by atoms with van der Waals surface area (Å²) in [7, 11) is 0.500. The maximum absolute atomic E-state index is 9.50. The Labute approximate surface area is 61.7 Å². The summed E-state index contributed by atoms with van der Waals surface area (Å²) in [4.78, 5) is 0. The van der Waals surface area contributed by atoms with E-state index >= 15 is 0 Å². The fourth-order valence-corrected chi connectivity index (χ4v) is 0.663. The van der Waals surface area contributed by atoms with E-state index in [4.69, 9.17) is 0 Å². The van der Waals surface area contributed by atoms with E-state index in [1.165, 1.54) is 11.1 Å². The first-order valence-corrected chi connectivity index (χ1v) is 3.21. The highest BCUT2D eigenvalue weighted by molar-refractivity contribution is 5.23. The number of hydrogen-bond acceptors (Lipinski definition) is 0. The van der Waals surface area contributed by atoms with Gasteiger partial charge in [0.1, 0.15) is 0 Å². The van der Waals surface area contributed by atoms with E-state index in [1.807, 2.05) is 0 Å². The second-order valence-electron chi connectivity index (χ2n) is 2.08. The number of alkyl halides is 1. The lowest BCUT2D eigenvalue weighted by atomic mass is 10.1. The van der Waals surface area contributed by atoms with Gasteiger partial charge in [0, 0.05) is 0 Å². The van der Waals surface area contributed by atoms with Crippen LogP contribution in [0.4, 0.5) is 4.39 Å². The van der Waals surface area contributed by atoms with Crippen LogP contribution in [0.1, 0.15) is 11.1 Å². The Bertz CT molecular complexity index is 161. The van der Waals surface area contributed by atoms with Crippen LogP contribution in [-0.2, 0) is 0 Å². The average Bonchev–Trinajstić information content (AvgIpc) is 2.00. The van der Waals surface area contributed by atoms with Gasteiger partial charge in [-0.2, -0.15) is 0 Å². The fraction of sp³-hybridized carbons (Fsp3) is 0.333. The minimum absolute atomic E-state index is 0.500. The van der Waals surface area contributed by atoms with Gasteiger partial charge in [-0.05, 0) is 25.0 Å². The molecule has 0 N–H and O–H groups in total. The van der Waals surface area contributed by atoms with Gasteiger partial charge in [-0.1, -0.05) is 24.3 Å². The van der Waals surface area contributed by atoms with E-state index in [1.54, 1.807) is 0 Å². The quantitative estimate of drug-likeness (QED) is 0.519. The van der Waals surface area contributed by atoms with Crippen LogP contribution in [0, 0.1) is 13.8 Å². The molecule has 0 aliphatic rings. The highest BCUT2D eigenvalue weighted by Gasteiger charge is 1.83. The van der Waals surface area contributed by atoms with Crippen molar-refractivity contribution in [3.63, 3.8) is 0 Å². The summed E-state index contributed by atoms with van der Waals surface area (Å²) in [5.74, 6) is 0. The molecule has 0 spiro atoms. The first kappa shape index (κ1) is 9.15. The molecule has 0 radical (unpaired) electrons. The maximum Gasteiger partial charge on any atom is 0.0785 e. The molecule has 1 heteroatoms. The van der Waals surface area contributed by atoms with Crippen molar-refractivity contribution >= 4 is 0 Å². The first-order chi connectivity index (χ1) is 4.80. The highest BCUT2D eigenvalue weighted by Crippen LogP contribution is 2.02. The number of hydrogen-bond donors (Lipinski definition) is 0. The van der Waals surface area contributed by atoms with Crippen LogP contribution in [0.2, 0.25) is 0 Å². The fourth-order valence-electron chi connectivity index (χ4n) is 0.663. The molecular formula is C9H13F. The highest BCUT2D eigenvalue weighted by atomic mass is 19.1. The Hall–Kier alpha value is -0.850. The second-order valence-corrected chi connectivity index (χ2v) is 2.08. The molecule has 0 heterocycles. The van der Waals surface area contributed by atoms with Crippen molar-refractivity contribution in [2.75, 3.05) is 7.18 Å². The first-order valence-electron chi connectivity index (χ1n) is 3.21. The molecule has 0 aliphatic heterocycles. The van der Waals surface area contributed by atoms with Crippen LogP contribution in [0.25, 0.3) is 0 Å². The van der Waals surface area contributed by atoms with E-state index in [0.717, 1.165) is 0 Å². The smallest absolute Gasteiger partial charge is 0.0785 e. The average molecular weight is 140 g/mol. The lowest BCUT2D eigenvalue weighted by molar-refractivity contribution is 0.636. The van der Waals surface area contributed by atoms with Gasteiger partial charge in [0.2, 0.25) is 0 Å². The molecule has 1 rings (SSSR count). The summed E-state index contributed by atoms with van der Waals surface area (Å²) < 4.78 is 9.50. The molecule has 0 atom stereocenters. The summed E-state index contributed by atoms with van der Waals surface area (Å²) in [6.45, 7) is 4.24. The van der Waals surface area contributed by atoms with Gasteiger partial charge in [0.15, 0.2) is 0 Å². The van der Waals surface area contributed by atoms with Crippen molar-refractivity contribution in [2.45, 2.75) is 13.8 Å². The molecule has 0 saturated carbocycles. The summed E-state index contributed by atoms with van der Waals surface area (Å²) in [5.41, 5.74) is 2.74. The number of rotatable bonds is 0. The maximum atomic E-state index is 9.50. The Kier molecular flexibility index (Phi) is 4.55. The van der Waals surface area contributed by atoms with Gasteiger partial charge < -0.3 is 0 Å². The zero-order valence-electron chi connectivity index (χ0n) is 6.69. The molecule has 0 aliphatic carbocycles. The number of aryl methyl sites for hydroxylation is 2. The standard InChI is InChI=1S/C8H10.CH3F/c1-7-5-3-4-6-8(7)2;1-2/h3-6H,1-2H3;1H3. The molecule has 1 aromatic carbocycles. The Morgan fingerprint density at radius 1 is 0.900 bits per heavy atom. The molecule has 0 unspecified atom stereocenters. The number of halogens is 1. The summed E-state index contributed by atoms with van der Waals surface area (Å²) >= 11 is 0. The number of benzene rings is 1. The molecule has 0 saturated heterocycles. The molecular weight excluding hydrogens is 127 g/mol. The molecule has 1 aromatic rings. The van der Waals surface area contributed by atoms with Crippen molar-refractivity contribution in [3.05, 3.63) is 35.4 Å². The lowest BCUT2D eigenvalue weighted by Gasteiger charge is -1.93. The van der Waals surface area contributed by atoms with Crippen LogP contribution < -0.4 is 0 Å². The van der Waals surface area contributed by atoms with Crippen molar-refractivity contribution in [3.8, 4) is 0 Å². The van der Waals surface area contributed by atoms with Gasteiger partial charge in [-0.15, -0.1) is 0 Å². The van der Waals surface area contributed by atoms with Gasteiger partial charge in [-0.3, -0.25) is 4.39 Å². The molecule has 0 bridgehead atoms. The minimum Gasteiger partial charge on any atom is -0.255 e. The molecule has 0 aromatic heterocycles. The zero-order valence-corrected chi connectivity index (χ0v) is 6.69. The monoisotopic (exact) mass is 140 g/mol. The van der Waals surface area contributed by atoms with E-state index < -0.39 is 0 Å². The van der Waals surface area contributed by atoms with E-state index in [0.29, 0.717) is 7.18 Å². The van der Waals surface area contributed by atoms with Crippen LogP contribution >= 0.6 is 0 Å². The third-order valence-corrected chi connectivity index (χ3v) is 1.43. The van der Waals surface area contributed by atoms with Crippen LogP contribution in [-0.4, -0.2) is 7.18 Å². The predicted molar refractivity (Wildman–Crippen MR) is 42.9 cm³/mol. The lowest BCUT2D eigenvalue weighted by Crippen LogP contribution is -1.74. The third kappa shape index (κ3) is 2.62. The van der Waals surface area contributed by atoms with Gasteiger partial charge in [-0.25, -0.2) is 0 Å².